The van der Waals surface area contributed by atoms with Crippen LogP contribution in [0.3, 0.4) is 0 Å². The van der Waals surface area contributed by atoms with Gasteiger partial charge in [0, 0.05) is 18.5 Å². The Hall–Kier alpha value is -2.54. The molecular weight excluding hydrogens is 287 g/mol. The average molecular weight is 304 g/mol. The molecular formula is C15H17FN4O2. The molecule has 2 aromatic heterocycles. The van der Waals surface area contributed by atoms with Crippen molar-refractivity contribution in [1.29, 1.82) is 0 Å². The van der Waals surface area contributed by atoms with E-state index in [9.17, 15) is 9.18 Å². The van der Waals surface area contributed by atoms with Gasteiger partial charge in [0.25, 0.3) is 5.91 Å². The number of ether oxygens (including phenoxy) is 1. The van der Waals surface area contributed by atoms with Crippen LogP contribution in [0.5, 0.6) is 5.75 Å². The Morgan fingerprint density at radius 3 is 2.95 bits per heavy atom. The number of hydrogen-bond acceptors (Lipinski definition) is 5. The van der Waals surface area contributed by atoms with Crippen molar-refractivity contribution < 1.29 is 13.9 Å². The lowest BCUT2D eigenvalue weighted by molar-refractivity contribution is 0.101. The average Bonchev–Trinajstić information content (AvgIpc) is 2.53. The zero-order valence-corrected chi connectivity index (χ0v) is 12.0. The molecule has 6 nitrogen and oxygen atoms in total. The minimum Gasteiger partial charge on any atom is -0.491 e. The number of halogens is 1. The second kappa shape index (κ2) is 8.04. The van der Waals surface area contributed by atoms with Crippen molar-refractivity contribution in [2.24, 2.45) is 5.73 Å². The Morgan fingerprint density at radius 2 is 2.18 bits per heavy atom. The number of nitrogens with two attached hydrogens (primary N) is 1. The van der Waals surface area contributed by atoms with E-state index < -0.39 is 11.7 Å². The van der Waals surface area contributed by atoms with Gasteiger partial charge in [0.2, 0.25) is 0 Å². The van der Waals surface area contributed by atoms with E-state index in [2.05, 4.69) is 15.3 Å². The maximum atomic E-state index is 13.5. The van der Waals surface area contributed by atoms with Crippen LogP contribution in [-0.2, 0) is 0 Å². The highest BCUT2D eigenvalue weighted by Gasteiger charge is 2.15. The summed E-state index contributed by atoms with van der Waals surface area (Å²) in [6.07, 6.45) is 6.00. The van der Waals surface area contributed by atoms with E-state index in [4.69, 9.17) is 10.5 Å². The molecule has 1 amide bonds. The molecule has 2 heterocycles. The van der Waals surface area contributed by atoms with Gasteiger partial charge in [0.15, 0.2) is 11.5 Å². The number of nitrogens with zero attached hydrogens (tertiary/aromatic N) is 2. The molecule has 116 valence electrons. The largest absolute Gasteiger partial charge is 0.491 e. The third-order valence-electron chi connectivity index (χ3n) is 2.86. The van der Waals surface area contributed by atoms with E-state index in [1.54, 1.807) is 12.3 Å². The summed E-state index contributed by atoms with van der Waals surface area (Å²) in [7, 11) is 0. The minimum atomic E-state index is -0.686. The maximum absolute atomic E-state index is 13.5. The molecule has 0 fully saturated rings. The molecule has 2 rings (SSSR count). The van der Waals surface area contributed by atoms with E-state index in [1.165, 1.54) is 24.5 Å². The highest BCUT2D eigenvalue weighted by molar-refractivity contribution is 6.03. The molecule has 22 heavy (non-hydrogen) atoms. The Labute approximate surface area is 127 Å². The Morgan fingerprint density at radius 1 is 1.32 bits per heavy atom. The van der Waals surface area contributed by atoms with Crippen LogP contribution in [-0.4, -0.2) is 29.0 Å². The van der Waals surface area contributed by atoms with Crippen LogP contribution in [0, 0.1) is 5.82 Å². The lowest BCUT2D eigenvalue weighted by atomic mass is 10.3. The molecule has 0 radical (unpaired) electrons. The highest BCUT2D eigenvalue weighted by atomic mass is 19.1. The van der Waals surface area contributed by atoms with Crippen LogP contribution in [0.15, 0.2) is 36.8 Å². The fraction of sp³-hybridized carbons (Fsp3) is 0.267. The molecule has 7 heteroatoms. The zero-order valence-electron chi connectivity index (χ0n) is 12.0. The first-order valence-corrected chi connectivity index (χ1v) is 6.91. The number of amides is 1. The lowest BCUT2D eigenvalue weighted by Crippen LogP contribution is -2.16. The SMILES string of the molecule is NCCCCOc1ccncc1NC(=O)c1ncccc1F. The Bertz CT molecular complexity index is 636. The van der Waals surface area contributed by atoms with E-state index >= 15 is 0 Å². The number of aromatic nitrogens is 2. The van der Waals surface area contributed by atoms with Gasteiger partial charge in [-0.15, -0.1) is 0 Å². The van der Waals surface area contributed by atoms with Gasteiger partial charge in [-0.3, -0.25) is 9.78 Å². The summed E-state index contributed by atoms with van der Waals surface area (Å²) in [6, 6.07) is 4.23. The van der Waals surface area contributed by atoms with E-state index in [1.807, 2.05) is 0 Å². The number of anilines is 1. The van der Waals surface area contributed by atoms with Crippen LogP contribution < -0.4 is 15.8 Å². The molecule has 0 saturated carbocycles. The van der Waals surface area contributed by atoms with Gasteiger partial charge in [0.1, 0.15) is 11.4 Å². The first-order valence-electron chi connectivity index (χ1n) is 6.91. The quantitative estimate of drug-likeness (QED) is 0.763. The van der Waals surface area contributed by atoms with Gasteiger partial charge < -0.3 is 15.8 Å². The van der Waals surface area contributed by atoms with E-state index in [0.717, 1.165) is 12.8 Å². The predicted molar refractivity (Wildman–Crippen MR) is 80.2 cm³/mol. The van der Waals surface area contributed by atoms with Crippen molar-refractivity contribution in [2.75, 3.05) is 18.5 Å². The number of unbranched alkanes of at least 4 members (excludes halogenated alkanes) is 1. The molecule has 0 aromatic carbocycles. The second-order valence-corrected chi connectivity index (χ2v) is 4.50. The van der Waals surface area contributed by atoms with Gasteiger partial charge in [-0.2, -0.15) is 0 Å². The lowest BCUT2D eigenvalue weighted by Gasteiger charge is -2.11. The molecule has 0 saturated heterocycles. The molecule has 0 unspecified atom stereocenters. The van der Waals surface area contributed by atoms with Crippen molar-refractivity contribution >= 4 is 11.6 Å². The van der Waals surface area contributed by atoms with Crippen LogP contribution in [0.1, 0.15) is 23.3 Å². The molecule has 0 bridgehead atoms. The smallest absolute Gasteiger partial charge is 0.277 e. The Balaban J connectivity index is 2.06. The molecule has 0 aliphatic rings. The molecule has 2 aromatic rings. The molecule has 3 N–H and O–H groups in total. The van der Waals surface area contributed by atoms with Gasteiger partial charge in [-0.1, -0.05) is 0 Å². The normalized spacial score (nSPS) is 10.3. The number of carbonyl (C=O) groups is 1. The van der Waals surface area contributed by atoms with Gasteiger partial charge >= 0.3 is 0 Å². The maximum Gasteiger partial charge on any atom is 0.277 e. The number of hydrogen-bond donors (Lipinski definition) is 2. The molecule has 0 aliphatic carbocycles. The summed E-state index contributed by atoms with van der Waals surface area (Å²) in [6.45, 7) is 1.07. The molecule has 0 spiro atoms. The van der Waals surface area contributed by atoms with Crippen LogP contribution in [0.4, 0.5) is 10.1 Å². The number of pyridine rings is 2. The second-order valence-electron chi connectivity index (χ2n) is 4.50. The minimum absolute atomic E-state index is 0.277. The van der Waals surface area contributed by atoms with Crippen LogP contribution in [0.25, 0.3) is 0 Å². The summed E-state index contributed by atoms with van der Waals surface area (Å²) in [5.74, 6) is -0.871. The fourth-order valence-electron chi connectivity index (χ4n) is 1.76. The van der Waals surface area contributed by atoms with E-state index in [0.29, 0.717) is 24.6 Å². The third-order valence-corrected chi connectivity index (χ3v) is 2.86. The predicted octanol–water partition coefficient (Wildman–Crippen LogP) is 1.99. The van der Waals surface area contributed by atoms with Crippen LogP contribution in [0.2, 0.25) is 0 Å². The van der Waals surface area contributed by atoms with Gasteiger partial charge in [-0.05, 0) is 31.5 Å². The van der Waals surface area contributed by atoms with Gasteiger partial charge in [-0.25, -0.2) is 9.37 Å². The van der Waals surface area contributed by atoms with Crippen molar-refractivity contribution in [2.45, 2.75) is 12.8 Å². The van der Waals surface area contributed by atoms with Crippen molar-refractivity contribution in [1.82, 2.24) is 9.97 Å². The standard InChI is InChI=1S/C15H17FN4O2/c16-11-4-3-7-19-14(11)15(21)20-12-10-18-8-5-13(12)22-9-2-1-6-17/h3-5,7-8,10H,1-2,6,9,17H2,(H,20,21). The fourth-order valence-corrected chi connectivity index (χ4v) is 1.76. The molecule has 0 aliphatic heterocycles. The highest BCUT2D eigenvalue weighted by Crippen LogP contribution is 2.23. The third kappa shape index (κ3) is 4.23. The first-order chi connectivity index (χ1) is 10.7. The number of nitrogens with one attached hydrogen (secondary N) is 1. The summed E-state index contributed by atoms with van der Waals surface area (Å²) in [4.78, 5) is 19.7. The number of rotatable bonds is 7. The van der Waals surface area contributed by atoms with Crippen LogP contribution >= 0.6 is 0 Å². The monoisotopic (exact) mass is 304 g/mol. The van der Waals surface area contributed by atoms with Crippen molar-refractivity contribution in [3.63, 3.8) is 0 Å². The first kappa shape index (κ1) is 15.8. The van der Waals surface area contributed by atoms with Crippen molar-refractivity contribution in [3.8, 4) is 5.75 Å². The van der Waals surface area contributed by atoms with E-state index in [-0.39, 0.29) is 5.69 Å². The zero-order chi connectivity index (χ0) is 15.8. The number of carbonyl (C=O) groups excluding carboxylic acids is 1. The topological polar surface area (TPSA) is 90.1 Å². The summed E-state index contributed by atoms with van der Waals surface area (Å²) in [5.41, 5.74) is 5.51. The van der Waals surface area contributed by atoms with Crippen molar-refractivity contribution in [3.05, 3.63) is 48.3 Å². The summed E-state index contributed by atoms with van der Waals surface area (Å²) in [5, 5.41) is 2.55. The molecule has 0 atom stereocenters. The Kier molecular flexibility index (Phi) is 5.79. The summed E-state index contributed by atoms with van der Waals surface area (Å²) < 4.78 is 19.1. The summed E-state index contributed by atoms with van der Waals surface area (Å²) >= 11 is 0. The van der Waals surface area contributed by atoms with Gasteiger partial charge in [0.05, 0.1) is 12.8 Å².